The third-order valence-electron chi connectivity index (χ3n) is 6.21. The monoisotopic (exact) mass is 214 g/mol. The van der Waals surface area contributed by atoms with E-state index < -0.39 is 0 Å². The van der Waals surface area contributed by atoms with E-state index >= 15 is 0 Å². The molecule has 0 amide bonds. The zero-order valence-corrected chi connectivity index (χ0v) is 10.4. The Morgan fingerprint density at radius 3 is 2.62 bits per heavy atom. The minimum absolute atomic E-state index is 0.948. The largest absolute Gasteiger partial charge is 0.0879 e. The van der Waals surface area contributed by atoms with Gasteiger partial charge in [-0.2, -0.15) is 0 Å². The fourth-order valence-electron chi connectivity index (χ4n) is 5.96. The van der Waals surface area contributed by atoms with Gasteiger partial charge in [0.2, 0.25) is 0 Å². The Bertz CT molecular complexity index is 375. The lowest BCUT2D eigenvalue weighted by Gasteiger charge is -2.38. The van der Waals surface area contributed by atoms with E-state index in [9.17, 15) is 0 Å². The van der Waals surface area contributed by atoms with Crippen LogP contribution in [0.2, 0.25) is 0 Å². The molecule has 86 valence electrons. The lowest BCUT2D eigenvalue weighted by atomic mass is 9.66. The second kappa shape index (κ2) is 3.03. The molecule has 0 aliphatic heterocycles. The Morgan fingerprint density at radius 2 is 1.94 bits per heavy atom. The van der Waals surface area contributed by atoms with Crippen molar-refractivity contribution in [3.8, 4) is 0 Å². The van der Waals surface area contributed by atoms with Crippen molar-refractivity contribution in [2.45, 2.75) is 33.1 Å². The Kier molecular flexibility index (Phi) is 1.80. The van der Waals surface area contributed by atoms with Crippen molar-refractivity contribution < 1.29 is 0 Å². The standard InChI is InChI=1S/C16H22/c1-3-11-12(4-2)14-8-13(11)15-9-5-6-10(7-9)16(14)15/h3,5-6,9-10,12-16H,4,7-8H2,1-2H3. The summed E-state index contributed by atoms with van der Waals surface area (Å²) in [7, 11) is 0. The maximum Gasteiger partial charge on any atom is -0.0161 e. The molecular weight excluding hydrogens is 192 g/mol. The molecule has 7 atom stereocenters. The van der Waals surface area contributed by atoms with E-state index in [2.05, 4.69) is 32.1 Å². The maximum absolute atomic E-state index is 2.55. The van der Waals surface area contributed by atoms with E-state index in [-0.39, 0.29) is 0 Å². The predicted molar refractivity (Wildman–Crippen MR) is 66.9 cm³/mol. The highest BCUT2D eigenvalue weighted by Gasteiger charge is 2.61. The number of allylic oxidation sites excluding steroid dienone is 4. The summed E-state index contributed by atoms with van der Waals surface area (Å²) < 4.78 is 0. The number of fused-ring (bicyclic) bond motifs is 9. The second-order valence-corrected chi connectivity index (χ2v) is 6.41. The molecule has 0 aromatic heterocycles. The molecule has 0 radical (unpaired) electrons. The first-order valence-corrected chi connectivity index (χ1v) is 7.19. The summed E-state index contributed by atoms with van der Waals surface area (Å²) in [5.41, 5.74) is 1.84. The molecule has 16 heavy (non-hydrogen) atoms. The average molecular weight is 214 g/mol. The molecule has 0 saturated heterocycles. The van der Waals surface area contributed by atoms with Crippen LogP contribution in [0.15, 0.2) is 23.8 Å². The minimum atomic E-state index is 0.948. The number of hydrogen-bond acceptors (Lipinski definition) is 0. The van der Waals surface area contributed by atoms with Crippen LogP contribution < -0.4 is 0 Å². The molecule has 0 heterocycles. The van der Waals surface area contributed by atoms with Crippen LogP contribution >= 0.6 is 0 Å². The third kappa shape index (κ3) is 0.893. The summed E-state index contributed by atoms with van der Waals surface area (Å²) in [5.74, 6) is 7.03. The van der Waals surface area contributed by atoms with Gasteiger partial charge in [-0.1, -0.05) is 30.7 Å². The van der Waals surface area contributed by atoms with Crippen LogP contribution in [0.1, 0.15) is 33.1 Å². The average Bonchev–Trinajstić information content (AvgIpc) is 3.03. The van der Waals surface area contributed by atoms with Crippen LogP contribution in [0.3, 0.4) is 0 Å². The van der Waals surface area contributed by atoms with Crippen molar-refractivity contribution in [3.63, 3.8) is 0 Å². The Morgan fingerprint density at radius 1 is 1.19 bits per heavy atom. The first-order valence-electron chi connectivity index (χ1n) is 7.19. The van der Waals surface area contributed by atoms with Crippen LogP contribution in [0.4, 0.5) is 0 Å². The molecule has 4 aliphatic carbocycles. The Labute approximate surface area is 98.8 Å². The van der Waals surface area contributed by atoms with E-state index in [4.69, 9.17) is 0 Å². The molecule has 0 aromatic rings. The van der Waals surface area contributed by atoms with Gasteiger partial charge in [0.25, 0.3) is 0 Å². The molecule has 7 unspecified atom stereocenters. The zero-order valence-electron chi connectivity index (χ0n) is 10.4. The molecular formula is C16H22. The molecule has 0 aromatic carbocycles. The van der Waals surface area contributed by atoms with Crippen molar-refractivity contribution in [1.82, 2.24) is 0 Å². The summed E-state index contributed by atoms with van der Waals surface area (Å²) >= 11 is 0. The zero-order chi connectivity index (χ0) is 10.9. The van der Waals surface area contributed by atoms with Gasteiger partial charge in [0.15, 0.2) is 0 Å². The van der Waals surface area contributed by atoms with Crippen molar-refractivity contribution in [3.05, 3.63) is 23.8 Å². The van der Waals surface area contributed by atoms with E-state index in [0.717, 1.165) is 41.4 Å². The molecule has 0 nitrogen and oxygen atoms in total. The first-order chi connectivity index (χ1) is 7.85. The Hall–Kier alpha value is -0.520. The molecule has 3 fully saturated rings. The SMILES string of the molecule is CC=C1C(CC)C2CC1C1C3C=CC(C3)C21. The molecule has 0 spiro atoms. The molecule has 4 aliphatic rings. The lowest BCUT2D eigenvalue weighted by Crippen LogP contribution is -2.32. The highest BCUT2D eigenvalue weighted by molar-refractivity contribution is 5.31. The van der Waals surface area contributed by atoms with Gasteiger partial charge in [-0.25, -0.2) is 0 Å². The van der Waals surface area contributed by atoms with E-state index in [1.165, 1.54) is 19.3 Å². The molecule has 3 saturated carbocycles. The summed E-state index contributed by atoms with van der Waals surface area (Å²) in [6.45, 7) is 4.67. The van der Waals surface area contributed by atoms with E-state index in [1.807, 2.05) is 5.57 Å². The van der Waals surface area contributed by atoms with Gasteiger partial charge < -0.3 is 0 Å². The maximum atomic E-state index is 2.55. The molecule has 0 N–H and O–H groups in total. The summed E-state index contributed by atoms with van der Waals surface area (Å²) in [4.78, 5) is 0. The van der Waals surface area contributed by atoms with E-state index in [1.54, 1.807) is 0 Å². The van der Waals surface area contributed by atoms with Crippen LogP contribution in [0.25, 0.3) is 0 Å². The fraction of sp³-hybridized carbons (Fsp3) is 0.750. The van der Waals surface area contributed by atoms with Crippen molar-refractivity contribution >= 4 is 0 Å². The highest BCUT2D eigenvalue weighted by Crippen LogP contribution is 2.68. The topological polar surface area (TPSA) is 0 Å². The molecule has 0 heteroatoms. The van der Waals surface area contributed by atoms with Gasteiger partial charge in [-0.15, -0.1) is 0 Å². The van der Waals surface area contributed by atoms with Gasteiger partial charge in [0.05, 0.1) is 0 Å². The van der Waals surface area contributed by atoms with E-state index in [0.29, 0.717) is 0 Å². The quantitative estimate of drug-likeness (QED) is 0.456. The Balaban J connectivity index is 1.77. The highest BCUT2D eigenvalue weighted by atomic mass is 14.7. The molecule has 4 rings (SSSR count). The number of hydrogen-bond donors (Lipinski definition) is 0. The predicted octanol–water partition coefficient (Wildman–Crippen LogP) is 4.05. The fourth-order valence-corrected chi connectivity index (χ4v) is 5.96. The smallest absolute Gasteiger partial charge is 0.0161 e. The van der Waals surface area contributed by atoms with Gasteiger partial charge in [-0.3, -0.25) is 0 Å². The van der Waals surface area contributed by atoms with Gasteiger partial charge in [0, 0.05) is 0 Å². The summed E-state index contributed by atoms with van der Waals surface area (Å²) in [5, 5.41) is 0. The van der Waals surface area contributed by atoms with Crippen LogP contribution in [0.5, 0.6) is 0 Å². The van der Waals surface area contributed by atoms with Crippen LogP contribution in [0, 0.1) is 41.4 Å². The normalized spacial score (nSPS) is 58.9. The summed E-state index contributed by atoms with van der Waals surface area (Å²) in [6.07, 6.45) is 12.0. The third-order valence-corrected chi connectivity index (χ3v) is 6.21. The van der Waals surface area contributed by atoms with Crippen molar-refractivity contribution in [2.24, 2.45) is 41.4 Å². The van der Waals surface area contributed by atoms with Gasteiger partial charge in [-0.05, 0) is 67.6 Å². The first kappa shape index (κ1) is 9.50. The number of rotatable bonds is 1. The minimum Gasteiger partial charge on any atom is -0.0879 e. The second-order valence-electron chi connectivity index (χ2n) is 6.41. The lowest BCUT2D eigenvalue weighted by molar-refractivity contribution is 0.192. The summed E-state index contributed by atoms with van der Waals surface area (Å²) in [6, 6.07) is 0. The van der Waals surface area contributed by atoms with Crippen molar-refractivity contribution in [1.29, 1.82) is 0 Å². The van der Waals surface area contributed by atoms with Gasteiger partial charge >= 0.3 is 0 Å². The van der Waals surface area contributed by atoms with Gasteiger partial charge in [0.1, 0.15) is 0 Å². The van der Waals surface area contributed by atoms with Crippen LogP contribution in [-0.2, 0) is 0 Å². The van der Waals surface area contributed by atoms with Crippen molar-refractivity contribution in [2.75, 3.05) is 0 Å². The molecule has 4 bridgehead atoms. The van der Waals surface area contributed by atoms with Crippen LogP contribution in [-0.4, -0.2) is 0 Å².